The first kappa shape index (κ1) is 18.7. The molecule has 2 aromatic carbocycles. The van der Waals surface area contributed by atoms with E-state index in [1.807, 2.05) is 6.07 Å². The van der Waals surface area contributed by atoms with Gasteiger partial charge in [-0.3, -0.25) is 4.79 Å². The first-order valence-corrected chi connectivity index (χ1v) is 8.40. The van der Waals surface area contributed by atoms with Crippen molar-refractivity contribution in [1.29, 1.82) is 0 Å². The van der Waals surface area contributed by atoms with Crippen molar-refractivity contribution in [2.45, 2.75) is 13.5 Å². The van der Waals surface area contributed by atoms with Crippen molar-refractivity contribution in [2.24, 2.45) is 0 Å². The molecule has 5 nitrogen and oxygen atoms in total. The van der Waals surface area contributed by atoms with E-state index in [1.54, 1.807) is 25.1 Å². The first-order valence-electron chi connectivity index (χ1n) is 8.02. The van der Waals surface area contributed by atoms with Crippen LogP contribution in [0.15, 0.2) is 48.5 Å². The summed E-state index contributed by atoms with van der Waals surface area (Å²) in [4.78, 5) is 20.5. The summed E-state index contributed by atoms with van der Waals surface area (Å²) in [6, 6.07) is 12.1. The Morgan fingerprint density at radius 2 is 1.78 bits per heavy atom. The quantitative estimate of drug-likeness (QED) is 0.680. The van der Waals surface area contributed by atoms with E-state index < -0.39 is 17.5 Å². The molecule has 2 N–H and O–H groups in total. The molecule has 27 heavy (non-hydrogen) atoms. The van der Waals surface area contributed by atoms with Gasteiger partial charge in [0.15, 0.2) is 0 Å². The van der Waals surface area contributed by atoms with Crippen molar-refractivity contribution in [3.63, 3.8) is 0 Å². The van der Waals surface area contributed by atoms with Gasteiger partial charge in [0.25, 0.3) is 5.91 Å². The topological polar surface area (TPSA) is 66.9 Å². The molecule has 0 saturated heterocycles. The molecule has 0 bridgehead atoms. The SMILES string of the molecule is Cc1cc(C(=O)NCc2ccccc2Cl)nc(Nc2c(F)cccc2F)n1. The van der Waals surface area contributed by atoms with E-state index >= 15 is 0 Å². The molecule has 138 valence electrons. The third-order valence-electron chi connectivity index (χ3n) is 3.68. The Kier molecular flexibility index (Phi) is 5.61. The molecule has 3 rings (SSSR count). The zero-order valence-corrected chi connectivity index (χ0v) is 15.0. The summed E-state index contributed by atoms with van der Waals surface area (Å²) in [6.07, 6.45) is 0. The van der Waals surface area contributed by atoms with Gasteiger partial charge in [-0.05, 0) is 36.8 Å². The van der Waals surface area contributed by atoms with Crippen molar-refractivity contribution < 1.29 is 13.6 Å². The zero-order valence-electron chi connectivity index (χ0n) is 14.3. The molecule has 0 fully saturated rings. The van der Waals surface area contributed by atoms with Crippen molar-refractivity contribution in [3.8, 4) is 0 Å². The number of hydrogen-bond acceptors (Lipinski definition) is 4. The number of rotatable bonds is 5. The molecular weight excluding hydrogens is 374 g/mol. The van der Waals surface area contributed by atoms with E-state index in [4.69, 9.17) is 11.6 Å². The summed E-state index contributed by atoms with van der Waals surface area (Å²) in [7, 11) is 0. The highest BCUT2D eigenvalue weighted by molar-refractivity contribution is 6.31. The highest BCUT2D eigenvalue weighted by Crippen LogP contribution is 2.21. The number of nitrogens with zero attached hydrogens (tertiary/aromatic N) is 2. The summed E-state index contributed by atoms with van der Waals surface area (Å²) >= 11 is 6.07. The highest BCUT2D eigenvalue weighted by Gasteiger charge is 2.14. The Morgan fingerprint density at radius 3 is 2.48 bits per heavy atom. The third-order valence-corrected chi connectivity index (χ3v) is 4.05. The van der Waals surface area contributed by atoms with Crippen LogP contribution in [0.2, 0.25) is 5.02 Å². The molecule has 0 radical (unpaired) electrons. The van der Waals surface area contributed by atoms with Gasteiger partial charge >= 0.3 is 0 Å². The fourth-order valence-corrected chi connectivity index (χ4v) is 2.58. The van der Waals surface area contributed by atoms with Crippen LogP contribution in [-0.2, 0) is 6.54 Å². The summed E-state index contributed by atoms with van der Waals surface area (Å²) in [5.74, 6) is -2.12. The Balaban J connectivity index is 1.78. The molecular formula is C19H15ClF2N4O. The summed E-state index contributed by atoms with van der Waals surface area (Å²) < 4.78 is 27.6. The molecule has 0 atom stereocenters. The van der Waals surface area contributed by atoms with Gasteiger partial charge in [-0.15, -0.1) is 0 Å². The fourth-order valence-electron chi connectivity index (χ4n) is 2.38. The van der Waals surface area contributed by atoms with Gasteiger partial charge in [-0.25, -0.2) is 18.7 Å². The molecule has 0 spiro atoms. The number of hydrogen-bond donors (Lipinski definition) is 2. The average Bonchev–Trinajstić information content (AvgIpc) is 2.63. The number of anilines is 2. The third kappa shape index (κ3) is 4.57. The van der Waals surface area contributed by atoms with E-state index in [0.29, 0.717) is 10.7 Å². The van der Waals surface area contributed by atoms with E-state index in [-0.39, 0.29) is 23.9 Å². The molecule has 0 aliphatic heterocycles. The largest absolute Gasteiger partial charge is 0.347 e. The normalized spacial score (nSPS) is 10.5. The van der Waals surface area contributed by atoms with Gasteiger partial charge in [0.2, 0.25) is 5.95 Å². The molecule has 1 aromatic heterocycles. The lowest BCUT2D eigenvalue weighted by Gasteiger charge is -2.10. The lowest BCUT2D eigenvalue weighted by Crippen LogP contribution is -2.24. The van der Waals surface area contributed by atoms with Crippen LogP contribution in [0.25, 0.3) is 0 Å². The van der Waals surface area contributed by atoms with Crippen LogP contribution in [-0.4, -0.2) is 15.9 Å². The van der Waals surface area contributed by atoms with Crippen molar-refractivity contribution in [2.75, 3.05) is 5.32 Å². The second-order valence-corrected chi connectivity index (χ2v) is 6.12. The van der Waals surface area contributed by atoms with Crippen molar-refractivity contribution >= 4 is 29.1 Å². The number of carbonyl (C=O) groups excluding carboxylic acids is 1. The molecule has 1 amide bonds. The molecule has 0 aliphatic rings. The van der Waals surface area contributed by atoms with Crippen LogP contribution in [0.1, 0.15) is 21.7 Å². The van der Waals surface area contributed by atoms with E-state index in [0.717, 1.165) is 17.7 Å². The Bertz CT molecular complexity index is 977. The summed E-state index contributed by atoms with van der Waals surface area (Å²) in [5, 5.41) is 5.73. The fraction of sp³-hybridized carbons (Fsp3) is 0.105. The van der Waals surface area contributed by atoms with Crippen molar-refractivity contribution in [3.05, 3.63) is 82.1 Å². The second-order valence-electron chi connectivity index (χ2n) is 5.71. The minimum Gasteiger partial charge on any atom is -0.347 e. The first-order chi connectivity index (χ1) is 12.9. The van der Waals surface area contributed by atoms with E-state index in [2.05, 4.69) is 20.6 Å². The maximum Gasteiger partial charge on any atom is 0.270 e. The highest BCUT2D eigenvalue weighted by atomic mass is 35.5. The minimum atomic E-state index is -0.787. The van der Waals surface area contributed by atoms with Crippen LogP contribution < -0.4 is 10.6 Å². The van der Waals surface area contributed by atoms with Crippen LogP contribution in [0.3, 0.4) is 0 Å². The number of para-hydroxylation sites is 1. The maximum atomic E-state index is 13.8. The molecule has 1 heterocycles. The summed E-state index contributed by atoms with van der Waals surface area (Å²) in [6.45, 7) is 1.86. The Hall–Kier alpha value is -3.06. The molecule has 0 unspecified atom stereocenters. The Labute approximate surface area is 159 Å². The van der Waals surface area contributed by atoms with Gasteiger partial charge < -0.3 is 10.6 Å². The molecule has 3 aromatic rings. The lowest BCUT2D eigenvalue weighted by atomic mass is 10.2. The smallest absolute Gasteiger partial charge is 0.270 e. The minimum absolute atomic E-state index is 0.0637. The zero-order chi connectivity index (χ0) is 19.4. The van der Waals surface area contributed by atoms with Crippen LogP contribution in [0.5, 0.6) is 0 Å². The average molecular weight is 389 g/mol. The standard InChI is InChI=1S/C19H15ClF2N4O/c1-11-9-16(18(27)23-10-12-5-2-3-6-13(12)20)25-19(24-11)26-17-14(21)7-4-8-15(17)22/h2-9H,10H2,1H3,(H,23,27)(H,24,25,26). The van der Waals surface area contributed by atoms with Gasteiger partial charge in [0.05, 0.1) is 0 Å². The van der Waals surface area contributed by atoms with E-state index in [1.165, 1.54) is 12.1 Å². The predicted octanol–water partition coefficient (Wildman–Crippen LogP) is 4.39. The molecule has 0 aliphatic carbocycles. The van der Waals surface area contributed by atoms with Crippen LogP contribution in [0, 0.1) is 18.6 Å². The number of halogens is 3. The molecule has 0 saturated carbocycles. The Morgan fingerprint density at radius 1 is 1.07 bits per heavy atom. The summed E-state index contributed by atoms with van der Waals surface area (Å²) in [5.41, 5.74) is 0.900. The van der Waals surface area contributed by atoms with Gasteiger partial charge in [-0.2, -0.15) is 0 Å². The van der Waals surface area contributed by atoms with Crippen molar-refractivity contribution in [1.82, 2.24) is 15.3 Å². The lowest BCUT2D eigenvalue weighted by molar-refractivity contribution is 0.0946. The van der Waals surface area contributed by atoms with Crippen LogP contribution in [0.4, 0.5) is 20.4 Å². The molecule has 8 heteroatoms. The van der Waals surface area contributed by atoms with Gasteiger partial charge in [-0.1, -0.05) is 35.9 Å². The van der Waals surface area contributed by atoms with Gasteiger partial charge in [0.1, 0.15) is 23.0 Å². The van der Waals surface area contributed by atoms with Gasteiger partial charge in [0, 0.05) is 17.3 Å². The number of aryl methyl sites for hydroxylation is 1. The van der Waals surface area contributed by atoms with Crippen LogP contribution >= 0.6 is 11.6 Å². The number of amides is 1. The predicted molar refractivity (Wildman–Crippen MR) is 99.0 cm³/mol. The van der Waals surface area contributed by atoms with E-state index in [9.17, 15) is 13.6 Å². The number of carbonyl (C=O) groups is 1. The monoisotopic (exact) mass is 388 g/mol. The maximum absolute atomic E-state index is 13.8. The second kappa shape index (κ2) is 8.09. The number of benzene rings is 2. The number of nitrogens with one attached hydrogen (secondary N) is 2. The number of aromatic nitrogens is 2.